The molecule has 3 aromatic rings. The molecule has 2 aromatic heterocycles. The lowest BCUT2D eigenvalue weighted by Crippen LogP contribution is -2.53. The van der Waals surface area contributed by atoms with E-state index in [9.17, 15) is 19.1 Å². The van der Waals surface area contributed by atoms with Crippen LogP contribution < -0.4 is 10.9 Å². The number of aromatic nitrogens is 3. The molecule has 0 spiro atoms. The van der Waals surface area contributed by atoms with Gasteiger partial charge >= 0.3 is 0 Å². The highest BCUT2D eigenvalue weighted by atomic mass is 19.1. The molecule has 172 valence electrons. The summed E-state index contributed by atoms with van der Waals surface area (Å²) in [6.07, 6.45) is 2.49. The van der Waals surface area contributed by atoms with Crippen LogP contribution in [0, 0.1) is 5.82 Å². The fraction of sp³-hybridized carbons (Fsp3) is 0.333. The van der Waals surface area contributed by atoms with Gasteiger partial charge in [0.05, 0.1) is 5.54 Å². The van der Waals surface area contributed by atoms with Crippen LogP contribution in [0.2, 0.25) is 0 Å². The third-order valence-corrected chi connectivity index (χ3v) is 6.02. The molecule has 1 amide bonds. The number of hydrogen-bond donors (Lipinski definition) is 2. The average molecular weight is 452 g/mol. The van der Waals surface area contributed by atoms with Gasteiger partial charge < -0.3 is 10.4 Å². The molecule has 0 fully saturated rings. The van der Waals surface area contributed by atoms with Crippen LogP contribution in [-0.4, -0.2) is 43.5 Å². The van der Waals surface area contributed by atoms with Gasteiger partial charge in [-0.05, 0) is 43.7 Å². The third kappa shape index (κ3) is 4.63. The Balaban J connectivity index is 1.56. The Morgan fingerprint density at radius 2 is 1.94 bits per heavy atom. The summed E-state index contributed by atoms with van der Waals surface area (Å²) in [5, 5.41) is 13.1. The molecule has 0 atom stereocenters. The van der Waals surface area contributed by atoms with Gasteiger partial charge in [-0.1, -0.05) is 18.2 Å². The molecule has 3 heterocycles. The van der Waals surface area contributed by atoms with Gasteiger partial charge in [0.15, 0.2) is 5.69 Å². The van der Waals surface area contributed by atoms with Crippen molar-refractivity contribution in [3.05, 3.63) is 87.6 Å². The van der Waals surface area contributed by atoms with Gasteiger partial charge in [0.2, 0.25) is 5.75 Å². The number of pyridine rings is 1. The van der Waals surface area contributed by atoms with Gasteiger partial charge in [-0.3, -0.25) is 24.0 Å². The molecular weight excluding hydrogens is 425 g/mol. The summed E-state index contributed by atoms with van der Waals surface area (Å²) >= 11 is 0. The van der Waals surface area contributed by atoms with E-state index < -0.39 is 22.8 Å². The van der Waals surface area contributed by atoms with Crippen LogP contribution in [-0.2, 0) is 25.0 Å². The van der Waals surface area contributed by atoms with Crippen molar-refractivity contribution in [2.75, 3.05) is 13.1 Å². The largest absolute Gasteiger partial charge is 0.501 e. The highest BCUT2D eigenvalue weighted by Crippen LogP contribution is 2.30. The number of carbonyl (C=O) groups excluding carboxylic acids is 1. The molecule has 0 saturated carbocycles. The zero-order valence-corrected chi connectivity index (χ0v) is 18.6. The fourth-order valence-electron chi connectivity index (χ4n) is 4.07. The highest BCUT2D eigenvalue weighted by molar-refractivity contribution is 5.94. The number of amides is 1. The van der Waals surface area contributed by atoms with E-state index in [1.165, 1.54) is 16.7 Å². The van der Waals surface area contributed by atoms with Crippen molar-refractivity contribution in [1.82, 2.24) is 24.8 Å². The van der Waals surface area contributed by atoms with Crippen molar-refractivity contribution >= 4 is 5.91 Å². The maximum absolute atomic E-state index is 13.1. The summed E-state index contributed by atoms with van der Waals surface area (Å²) in [5.41, 5.74) is 0.0550. The Hall–Kier alpha value is -3.59. The Morgan fingerprint density at radius 1 is 1.18 bits per heavy atom. The minimum absolute atomic E-state index is 0.109. The molecule has 0 bridgehead atoms. The Bertz CT molecular complexity index is 1210. The summed E-state index contributed by atoms with van der Waals surface area (Å²) in [6.45, 7) is 5.66. The van der Waals surface area contributed by atoms with E-state index in [0.717, 1.165) is 12.1 Å². The van der Waals surface area contributed by atoms with Crippen molar-refractivity contribution < 1.29 is 14.3 Å². The molecular formula is C24H26FN5O3. The number of nitrogens with one attached hydrogen (secondary N) is 1. The van der Waals surface area contributed by atoms with E-state index in [4.69, 9.17) is 0 Å². The monoisotopic (exact) mass is 451 g/mol. The SMILES string of the molecule is CC1(C)c2nc(C(=O)NCc3ccc(F)cc3)c(O)c(=O)n2CCN1CCc1ccccn1. The molecule has 0 radical (unpaired) electrons. The number of aromatic hydroxyl groups is 1. The molecule has 8 nitrogen and oxygen atoms in total. The number of halogens is 1. The Kier molecular flexibility index (Phi) is 6.24. The molecule has 1 aromatic carbocycles. The first-order valence-corrected chi connectivity index (χ1v) is 10.8. The van der Waals surface area contributed by atoms with Crippen LogP contribution in [0.4, 0.5) is 4.39 Å². The zero-order chi connectivity index (χ0) is 23.6. The Labute approximate surface area is 190 Å². The zero-order valence-electron chi connectivity index (χ0n) is 18.6. The molecule has 1 aliphatic rings. The maximum Gasteiger partial charge on any atom is 0.296 e. The van der Waals surface area contributed by atoms with Gasteiger partial charge in [-0.25, -0.2) is 9.37 Å². The molecule has 4 rings (SSSR count). The predicted molar refractivity (Wildman–Crippen MR) is 120 cm³/mol. The molecule has 0 saturated heterocycles. The van der Waals surface area contributed by atoms with Crippen molar-refractivity contribution in [2.45, 2.75) is 38.9 Å². The molecule has 9 heteroatoms. The van der Waals surface area contributed by atoms with Crippen LogP contribution in [0.3, 0.4) is 0 Å². The second-order valence-corrected chi connectivity index (χ2v) is 8.52. The Morgan fingerprint density at radius 3 is 2.64 bits per heavy atom. The second kappa shape index (κ2) is 9.11. The summed E-state index contributed by atoms with van der Waals surface area (Å²) in [6, 6.07) is 11.5. The molecule has 0 aliphatic carbocycles. The van der Waals surface area contributed by atoms with Crippen molar-refractivity contribution in [3.63, 3.8) is 0 Å². The van der Waals surface area contributed by atoms with E-state index in [1.54, 1.807) is 18.3 Å². The van der Waals surface area contributed by atoms with E-state index in [2.05, 4.69) is 20.2 Å². The maximum atomic E-state index is 13.1. The van der Waals surface area contributed by atoms with E-state index in [-0.39, 0.29) is 18.1 Å². The van der Waals surface area contributed by atoms with Crippen molar-refractivity contribution in [3.8, 4) is 5.75 Å². The standard InChI is InChI=1S/C24H26FN5O3/c1-24(2)23-28-19(21(32)27-15-16-6-8-17(25)9-7-16)20(31)22(33)30(23)14-13-29(24)12-10-18-5-3-4-11-26-18/h3-9,11,31H,10,12-15H2,1-2H3,(H,27,32). The molecule has 1 aliphatic heterocycles. The number of hydrogen-bond acceptors (Lipinski definition) is 6. The lowest BCUT2D eigenvalue weighted by atomic mass is 9.97. The van der Waals surface area contributed by atoms with Gasteiger partial charge in [0.25, 0.3) is 11.5 Å². The van der Waals surface area contributed by atoms with Crippen LogP contribution in [0.1, 0.15) is 41.4 Å². The molecule has 33 heavy (non-hydrogen) atoms. The van der Waals surface area contributed by atoms with Crippen LogP contribution >= 0.6 is 0 Å². The third-order valence-electron chi connectivity index (χ3n) is 6.02. The van der Waals surface area contributed by atoms with Crippen LogP contribution in [0.5, 0.6) is 5.75 Å². The minimum atomic E-state index is -0.673. The van der Waals surface area contributed by atoms with E-state index in [0.29, 0.717) is 31.0 Å². The number of nitrogens with zero attached hydrogens (tertiary/aromatic N) is 4. The summed E-state index contributed by atoms with van der Waals surface area (Å²) < 4.78 is 14.5. The van der Waals surface area contributed by atoms with Gasteiger partial charge in [-0.2, -0.15) is 0 Å². The van der Waals surface area contributed by atoms with E-state index in [1.807, 2.05) is 32.0 Å². The van der Waals surface area contributed by atoms with E-state index >= 15 is 0 Å². The molecule has 0 unspecified atom stereocenters. The van der Waals surface area contributed by atoms with Crippen molar-refractivity contribution in [1.29, 1.82) is 0 Å². The fourth-order valence-corrected chi connectivity index (χ4v) is 4.07. The predicted octanol–water partition coefficient (Wildman–Crippen LogP) is 2.21. The summed E-state index contributed by atoms with van der Waals surface area (Å²) in [7, 11) is 0. The highest BCUT2D eigenvalue weighted by Gasteiger charge is 2.38. The topological polar surface area (TPSA) is 100 Å². The summed E-state index contributed by atoms with van der Waals surface area (Å²) in [4.78, 5) is 36.6. The van der Waals surface area contributed by atoms with Gasteiger partial charge in [0.1, 0.15) is 11.6 Å². The first-order valence-electron chi connectivity index (χ1n) is 10.8. The first-order chi connectivity index (χ1) is 15.8. The van der Waals surface area contributed by atoms with Crippen molar-refractivity contribution in [2.24, 2.45) is 0 Å². The number of benzene rings is 1. The normalized spacial score (nSPS) is 15.1. The first kappa shape index (κ1) is 22.6. The van der Waals surface area contributed by atoms with Gasteiger partial charge in [-0.15, -0.1) is 0 Å². The lowest BCUT2D eigenvalue weighted by molar-refractivity contribution is 0.0736. The van der Waals surface area contributed by atoms with Gasteiger partial charge in [0, 0.05) is 44.5 Å². The number of fused-ring (bicyclic) bond motifs is 1. The van der Waals surface area contributed by atoms with Crippen LogP contribution in [0.15, 0.2) is 53.5 Å². The summed E-state index contributed by atoms with van der Waals surface area (Å²) in [5.74, 6) is -1.29. The van der Waals surface area contributed by atoms with Crippen LogP contribution in [0.25, 0.3) is 0 Å². The lowest BCUT2D eigenvalue weighted by Gasteiger charge is -2.43. The second-order valence-electron chi connectivity index (χ2n) is 8.52. The quantitative estimate of drug-likeness (QED) is 0.596. The minimum Gasteiger partial charge on any atom is -0.501 e. The molecule has 2 N–H and O–H groups in total. The number of rotatable bonds is 6. The average Bonchev–Trinajstić information content (AvgIpc) is 2.81. The number of carbonyl (C=O) groups is 1. The smallest absolute Gasteiger partial charge is 0.296 e.